The number of carbonyl (C=O) groups is 3. The molecular formula is C20H14N2O4S2. The van der Waals surface area contributed by atoms with E-state index in [1.807, 2.05) is 24.3 Å². The highest BCUT2D eigenvalue weighted by Crippen LogP contribution is 2.44. The van der Waals surface area contributed by atoms with Crippen molar-refractivity contribution in [1.82, 2.24) is 0 Å². The molecule has 2 heterocycles. The Balaban J connectivity index is 1.73. The van der Waals surface area contributed by atoms with Crippen LogP contribution in [-0.2, 0) is 20.8 Å². The van der Waals surface area contributed by atoms with Crippen molar-refractivity contribution in [3.8, 4) is 0 Å². The number of fused-ring (bicyclic) bond motifs is 1. The lowest BCUT2D eigenvalue weighted by Crippen LogP contribution is -2.28. The number of anilines is 2. The van der Waals surface area contributed by atoms with Gasteiger partial charge in [0.15, 0.2) is 4.32 Å². The normalized spacial score (nSPS) is 18.8. The highest BCUT2D eigenvalue weighted by molar-refractivity contribution is 8.27. The van der Waals surface area contributed by atoms with Crippen LogP contribution in [-0.4, -0.2) is 34.3 Å². The number of thioether (sulfide) groups is 1. The zero-order valence-electron chi connectivity index (χ0n) is 14.7. The minimum atomic E-state index is -0.925. The average Bonchev–Trinajstić information content (AvgIpc) is 3.09. The molecule has 2 aliphatic rings. The van der Waals surface area contributed by atoms with Gasteiger partial charge >= 0.3 is 5.97 Å². The number of hydrogen-bond donors (Lipinski definition) is 1. The Labute approximate surface area is 170 Å². The van der Waals surface area contributed by atoms with Crippen molar-refractivity contribution in [2.45, 2.75) is 6.42 Å². The average molecular weight is 410 g/mol. The molecule has 0 radical (unpaired) electrons. The van der Waals surface area contributed by atoms with Crippen LogP contribution in [0.25, 0.3) is 5.57 Å². The van der Waals surface area contributed by atoms with E-state index < -0.39 is 5.97 Å². The molecule has 1 N–H and O–H groups in total. The number of nitrogens with zero attached hydrogens (tertiary/aromatic N) is 2. The number of aliphatic carboxylic acids is 1. The fourth-order valence-corrected chi connectivity index (χ4v) is 4.64. The van der Waals surface area contributed by atoms with Crippen molar-refractivity contribution in [2.24, 2.45) is 0 Å². The lowest BCUT2D eigenvalue weighted by Gasteiger charge is -2.15. The van der Waals surface area contributed by atoms with Gasteiger partial charge in [0.1, 0.15) is 0 Å². The first-order valence-corrected chi connectivity index (χ1v) is 9.59. The van der Waals surface area contributed by atoms with Gasteiger partial charge in [0.05, 0.1) is 28.3 Å². The van der Waals surface area contributed by atoms with E-state index in [1.165, 1.54) is 9.80 Å². The second-order valence-electron chi connectivity index (χ2n) is 6.33. The third-order valence-corrected chi connectivity index (χ3v) is 5.97. The van der Waals surface area contributed by atoms with E-state index in [2.05, 4.69) is 0 Å². The smallest absolute Gasteiger partial charge is 0.307 e. The largest absolute Gasteiger partial charge is 0.481 e. The lowest BCUT2D eigenvalue weighted by atomic mass is 10.1. The Kier molecular flexibility index (Phi) is 4.52. The molecule has 0 aliphatic carbocycles. The Morgan fingerprint density at radius 2 is 1.75 bits per heavy atom. The van der Waals surface area contributed by atoms with Gasteiger partial charge in [-0.1, -0.05) is 54.3 Å². The maximum atomic E-state index is 13.1. The molecule has 0 unspecified atom stereocenters. The first-order chi connectivity index (χ1) is 13.4. The Bertz CT molecular complexity index is 1080. The summed E-state index contributed by atoms with van der Waals surface area (Å²) in [5, 5.41) is 8.88. The van der Waals surface area contributed by atoms with Crippen molar-refractivity contribution < 1.29 is 19.5 Å². The summed E-state index contributed by atoms with van der Waals surface area (Å²) in [7, 11) is 1.68. The van der Waals surface area contributed by atoms with Crippen LogP contribution in [0.4, 0.5) is 11.4 Å². The standard InChI is InChI=1S/C20H14N2O4S2/c1-21-14-5-3-2-4-13(14)16(18(21)25)17-19(26)22(20(27)28-17)12-8-6-11(7-9-12)10-15(23)24/h2-9H,10H2,1H3,(H,23,24)/b17-16-. The number of thiocarbonyl (C=S) groups is 1. The zero-order chi connectivity index (χ0) is 20.0. The molecule has 28 heavy (non-hydrogen) atoms. The fourth-order valence-electron chi connectivity index (χ4n) is 3.27. The maximum Gasteiger partial charge on any atom is 0.307 e. The van der Waals surface area contributed by atoms with Crippen LogP contribution < -0.4 is 9.80 Å². The molecule has 2 aliphatic heterocycles. The van der Waals surface area contributed by atoms with Gasteiger partial charge in [-0.05, 0) is 23.8 Å². The van der Waals surface area contributed by atoms with Gasteiger partial charge in [-0.15, -0.1) is 0 Å². The molecule has 0 saturated carbocycles. The van der Waals surface area contributed by atoms with Gasteiger partial charge in [-0.2, -0.15) is 0 Å². The Hall–Kier alpha value is -2.97. The summed E-state index contributed by atoms with van der Waals surface area (Å²) in [6.45, 7) is 0. The van der Waals surface area contributed by atoms with Crippen molar-refractivity contribution in [3.05, 3.63) is 64.6 Å². The summed E-state index contributed by atoms with van der Waals surface area (Å²) in [4.78, 5) is 39.9. The van der Waals surface area contributed by atoms with Crippen LogP contribution in [0.1, 0.15) is 11.1 Å². The molecule has 6 nitrogen and oxygen atoms in total. The van der Waals surface area contributed by atoms with E-state index in [0.29, 0.717) is 31.6 Å². The second-order valence-corrected chi connectivity index (χ2v) is 7.98. The topological polar surface area (TPSA) is 77.9 Å². The quantitative estimate of drug-likeness (QED) is 0.619. The van der Waals surface area contributed by atoms with Gasteiger partial charge in [0, 0.05) is 12.6 Å². The van der Waals surface area contributed by atoms with Crippen molar-refractivity contribution >= 4 is 63.0 Å². The monoisotopic (exact) mass is 410 g/mol. The summed E-state index contributed by atoms with van der Waals surface area (Å²) in [5.74, 6) is -1.52. The molecule has 0 bridgehead atoms. The number of benzene rings is 2. The summed E-state index contributed by atoms with van der Waals surface area (Å²) in [6.07, 6.45) is -0.0969. The molecular weight excluding hydrogens is 396 g/mol. The van der Waals surface area contributed by atoms with E-state index in [0.717, 1.165) is 17.4 Å². The highest BCUT2D eigenvalue weighted by Gasteiger charge is 2.41. The highest BCUT2D eigenvalue weighted by atomic mass is 32.2. The van der Waals surface area contributed by atoms with E-state index in [1.54, 1.807) is 31.3 Å². The van der Waals surface area contributed by atoms with E-state index in [-0.39, 0.29) is 18.2 Å². The van der Waals surface area contributed by atoms with Gasteiger partial charge < -0.3 is 10.0 Å². The number of amides is 2. The van der Waals surface area contributed by atoms with E-state index in [9.17, 15) is 14.4 Å². The van der Waals surface area contributed by atoms with Gasteiger partial charge in [0.2, 0.25) is 0 Å². The number of para-hydroxylation sites is 1. The maximum absolute atomic E-state index is 13.1. The number of rotatable bonds is 3. The number of carboxylic acids is 1. The van der Waals surface area contributed by atoms with Gasteiger partial charge in [0.25, 0.3) is 11.8 Å². The molecule has 140 valence electrons. The Morgan fingerprint density at radius 3 is 2.43 bits per heavy atom. The third kappa shape index (κ3) is 2.90. The molecule has 2 aromatic rings. The number of likely N-dealkylation sites (N-methyl/N-ethyl adjacent to an activating group) is 1. The predicted molar refractivity (Wildman–Crippen MR) is 112 cm³/mol. The minimum Gasteiger partial charge on any atom is -0.481 e. The second kappa shape index (κ2) is 6.88. The van der Waals surface area contributed by atoms with Crippen molar-refractivity contribution in [1.29, 1.82) is 0 Å². The third-order valence-electron chi connectivity index (χ3n) is 4.60. The minimum absolute atomic E-state index is 0.0969. The number of hydrogen-bond acceptors (Lipinski definition) is 5. The molecule has 4 rings (SSSR count). The van der Waals surface area contributed by atoms with Crippen molar-refractivity contribution in [2.75, 3.05) is 16.8 Å². The van der Waals surface area contributed by atoms with Crippen LogP contribution in [0.15, 0.2) is 53.4 Å². The number of carbonyl (C=O) groups excluding carboxylic acids is 2. The van der Waals surface area contributed by atoms with Crippen LogP contribution in [0.5, 0.6) is 0 Å². The molecule has 0 aromatic heterocycles. The van der Waals surface area contributed by atoms with Gasteiger partial charge in [-0.3, -0.25) is 19.3 Å². The van der Waals surface area contributed by atoms with Crippen LogP contribution in [0.3, 0.4) is 0 Å². The zero-order valence-corrected chi connectivity index (χ0v) is 16.3. The van der Waals surface area contributed by atoms with E-state index >= 15 is 0 Å². The van der Waals surface area contributed by atoms with Crippen LogP contribution in [0, 0.1) is 0 Å². The SMILES string of the molecule is CN1C(=O)/C(=C2\SC(=S)N(c3ccc(CC(=O)O)cc3)C2=O)c2ccccc21. The predicted octanol–water partition coefficient (Wildman–Crippen LogP) is 3.07. The van der Waals surface area contributed by atoms with Crippen LogP contribution in [0.2, 0.25) is 0 Å². The summed E-state index contributed by atoms with van der Waals surface area (Å²) in [6, 6.07) is 13.9. The molecule has 2 aromatic carbocycles. The first kappa shape index (κ1) is 18.4. The van der Waals surface area contributed by atoms with Crippen LogP contribution >= 0.6 is 24.0 Å². The van der Waals surface area contributed by atoms with Crippen molar-refractivity contribution in [3.63, 3.8) is 0 Å². The molecule has 8 heteroatoms. The molecule has 1 saturated heterocycles. The molecule has 0 atom stereocenters. The fraction of sp³-hybridized carbons (Fsp3) is 0.100. The lowest BCUT2D eigenvalue weighted by molar-refractivity contribution is -0.136. The molecule has 0 spiro atoms. The summed E-state index contributed by atoms with van der Waals surface area (Å²) < 4.78 is 0.332. The summed E-state index contributed by atoms with van der Waals surface area (Å²) in [5.41, 5.74) is 3.00. The summed E-state index contributed by atoms with van der Waals surface area (Å²) >= 11 is 6.50. The molecule has 1 fully saturated rings. The van der Waals surface area contributed by atoms with Gasteiger partial charge in [-0.25, -0.2) is 0 Å². The Morgan fingerprint density at radius 1 is 1.07 bits per heavy atom. The number of carboxylic acid groups (broad SMARTS) is 1. The molecule has 2 amide bonds. The first-order valence-electron chi connectivity index (χ1n) is 8.37. The van der Waals surface area contributed by atoms with E-state index in [4.69, 9.17) is 17.3 Å².